The fourth-order valence-electron chi connectivity index (χ4n) is 2.06. The van der Waals surface area contributed by atoms with Gasteiger partial charge in [-0.2, -0.15) is 0 Å². The van der Waals surface area contributed by atoms with Gasteiger partial charge in [0.05, 0.1) is 5.54 Å². The Labute approximate surface area is 105 Å². The van der Waals surface area contributed by atoms with Crippen LogP contribution in [0.1, 0.15) is 23.6 Å². The number of hydrogen-bond donors (Lipinski definition) is 1. The van der Waals surface area contributed by atoms with E-state index in [-0.39, 0.29) is 5.56 Å². The zero-order valence-electron chi connectivity index (χ0n) is 10.4. The van der Waals surface area contributed by atoms with Crippen LogP contribution in [0.25, 0.3) is 0 Å². The second-order valence-electron chi connectivity index (χ2n) is 4.67. The predicted octanol–water partition coefficient (Wildman–Crippen LogP) is 3.50. The maximum Gasteiger partial charge on any atom is 0.128 e. The van der Waals surface area contributed by atoms with Gasteiger partial charge in [0.1, 0.15) is 11.6 Å². The standard InChI is InChI=1S/C15H15F2N/c1-10-7-8-14(17)12(9-10)15(2,18)11-5-3-4-6-13(11)16/h3-9H,18H2,1-2H3. The third kappa shape index (κ3) is 2.14. The number of rotatable bonds is 2. The van der Waals surface area contributed by atoms with Crippen LogP contribution < -0.4 is 5.73 Å². The Balaban J connectivity index is 2.61. The highest BCUT2D eigenvalue weighted by Gasteiger charge is 2.29. The van der Waals surface area contributed by atoms with Gasteiger partial charge in [-0.05, 0) is 26.0 Å². The molecule has 0 aromatic heterocycles. The van der Waals surface area contributed by atoms with Crippen molar-refractivity contribution in [1.29, 1.82) is 0 Å². The largest absolute Gasteiger partial charge is 0.318 e. The molecule has 1 nitrogen and oxygen atoms in total. The van der Waals surface area contributed by atoms with E-state index in [2.05, 4.69) is 0 Å². The van der Waals surface area contributed by atoms with E-state index in [0.29, 0.717) is 5.56 Å². The minimum Gasteiger partial charge on any atom is -0.318 e. The molecule has 18 heavy (non-hydrogen) atoms. The molecule has 0 amide bonds. The fraction of sp³-hybridized carbons (Fsp3) is 0.200. The lowest BCUT2D eigenvalue weighted by Crippen LogP contribution is -2.36. The van der Waals surface area contributed by atoms with Crippen LogP contribution in [0.3, 0.4) is 0 Å². The van der Waals surface area contributed by atoms with Crippen LogP contribution >= 0.6 is 0 Å². The monoisotopic (exact) mass is 247 g/mol. The van der Waals surface area contributed by atoms with Crippen molar-refractivity contribution in [2.45, 2.75) is 19.4 Å². The van der Waals surface area contributed by atoms with Gasteiger partial charge in [-0.15, -0.1) is 0 Å². The molecule has 0 heterocycles. The third-order valence-corrected chi connectivity index (χ3v) is 3.11. The van der Waals surface area contributed by atoms with Crippen LogP contribution in [0.4, 0.5) is 8.78 Å². The van der Waals surface area contributed by atoms with E-state index in [1.54, 1.807) is 37.3 Å². The van der Waals surface area contributed by atoms with E-state index in [0.717, 1.165) is 5.56 Å². The molecule has 0 fully saturated rings. The molecule has 0 saturated heterocycles. The molecular weight excluding hydrogens is 232 g/mol. The van der Waals surface area contributed by atoms with E-state index in [1.165, 1.54) is 12.1 Å². The molecule has 0 aliphatic rings. The number of halogens is 2. The molecule has 0 spiro atoms. The average Bonchev–Trinajstić information content (AvgIpc) is 2.32. The Kier molecular flexibility index (Phi) is 3.18. The summed E-state index contributed by atoms with van der Waals surface area (Å²) in [6.45, 7) is 3.46. The quantitative estimate of drug-likeness (QED) is 0.863. The molecule has 0 aliphatic heterocycles. The first-order valence-corrected chi connectivity index (χ1v) is 5.73. The van der Waals surface area contributed by atoms with Gasteiger partial charge in [0.25, 0.3) is 0 Å². The van der Waals surface area contributed by atoms with Crippen molar-refractivity contribution in [1.82, 2.24) is 0 Å². The molecule has 0 bridgehead atoms. The van der Waals surface area contributed by atoms with Crippen molar-refractivity contribution in [3.05, 3.63) is 70.8 Å². The maximum atomic E-state index is 13.9. The van der Waals surface area contributed by atoms with Crippen molar-refractivity contribution >= 4 is 0 Å². The molecule has 1 atom stereocenters. The molecular formula is C15H15F2N. The summed E-state index contributed by atoms with van der Waals surface area (Å²) < 4.78 is 27.7. The molecule has 2 N–H and O–H groups in total. The summed E-state index contributed by atoms with van der Waals surface area (Å²) in [6, 6.07) is 10.9. The van der Waals surface area contributed by atoms with E-state index >= 15 is 0 Å². The van der Waals surface area contributed by atoms with Crippen molar-refractivity contribution in [2.75, 3.05) is 0 Å². The summed E-state index contributed by atoms with van der Waals surface area (Å²) in [5.74, 6) is -0.850. The smallest absolute Gasteiger partial charge is 0.128 e. The zero-order valence-corrected chi connectivity index (χ0v) is 10.4. The number of hydrogen-bond acceptors (Lipinski definition) is 1. The zero-order chi connectivity index (χ0) is 13.3. The normalized spacial score (nSPS) is 14.3. The average molecular weight is 247 g/mol. The molecule has 3 heteroatoms. The lowest BCUT2D eigenvalue weighted by Gasteiger charge is -2.27. The molecule has 0 saturated carbocycles. The van der Waals surface area contributed by atoms with Crippen LogP contribution in [0.15, 0.2) is 42.5 Å². The first-order valence-electron chi connectivity index (χ1n) is 5.73. The Morgan fingerprint density at radius 1 is 0.944 bits per heavy atom. The predicted molar refractivity (Wildman–Crippen MR) is 68.2 cm³/mol. The van der Waals surface area contributed by atoms with Crippen molar-refractivity contribution in [3.8, 4) is 0 Å². The topological polar surface area (TPSA) is 26.0 Å². The van der Waals surface area contributed by atoms with Gasteiger partial charge in [0, 0.05) is 11.1 Å². The summed E-state index contributed by atoms with van der Waals surface area (Å²) in [7, 11) is 0. The lowest BCUT2D eigenvalue weighted by atomic mass is 9.84. The number of nitrogens with two attached hydrogens (primary N) is 1. The minimum absolute atomic E-state index is 0.287. The summed E-state index contributed by atoms with van der Waals surface area (Å²) in [4.78, 5) is 0. The van der Waals surface area contributed by atoms with Crippen LogP contribution in [0, 0.1) is 18.6 Å². The van der Waals surface area contributed by atoms with Gasteiger partial charge in [-0.25, -0.2) is 8.78 Å². The summed E-state index contributed by atoms with van der Waals surface area (Å²) in [5, 5.41) is 0. The number of aryl methyl sites for hydroxylation is 1. The van der Waals surface area contributed by atoms with Crippen molar-refractivity contribution < 1.29 is 8.78 Å². The summed E-state index contributed by atoms with van der Waals surface area (Å²) >= 11 is 0. The summed E-state index contributed by atoms with van der Waals surface area (Å²) in [6.07, 6.45) is 0. The van der Waals surface area contributed by atoms with Gasteiger partial charge in [0.15, 0.2) is 0 Å². The molecule has 2 rings (SSSR count). The third-order valence-electron chi connectivity index (χ3n) is 3.11. The Morgan fingerprint density at radius 3 is 2.22 bits per heavy atom. The maximum absolute atomic E-state index is 13.9. The van der Waals surface area contributed by atoms with Crippen molar-refractivity contribution in [3.63, 3.8) is 0 Å². The van der Waals surface area contributed by atoms with Crippen LogP contribution in [0.2, 0.25) is 0 Å². The van der Waals surface area contributed by atoms with Gasteiger partial charge >= 0.3 is 0 Å². The first-order chi connectivity index (χ1) is 8.43. The second kappa shape index (κ2) is 4.50. The molecule has 2 aromatic rings. The highest BCUT2D eigenvalue weighted by atomic mass is 19.1. The number of benzene rings is 2. The molecule has 2 aromatic carbocycles. The highest BCUT2D eigenvalue weighted by molar-refractivity contribution is 5.40. The van der Waals surface area contributed by atoms with Gasteiger partial charge in [-0.3, -0.25) is 0 Å². The minimum atomic E-state index is -1.19. The van der Waals surface area contributed by atoms with Crippen LogP contribution in [-0.4, -0.2) is 0 Å². The van der Waals surface area contributed by atoms with Gasteiger partial charge < -0.3 is 5.73 Å². The Morgan fingerprint density at radius 2 is 1.56 bits per heavy atom. The highest BCUT2D eigenvalue weighted by Crippen LogP contribution is 2.30. The van der Waals surface area contributed by atoms with Crippen molar-refractivity contribution in [2.24, 2.45) is 5.73 Å². The molecule has 1 unspecified atom stereocenters. The Hall–Kier alpha value is -1.74. The lowest BCUT2D eigenvalue weighted by molar-refractivity contribution is 0.498. The van der Waals surface area contributed by atoms with E-state index in [9.17, 15) is 8.78 Å². The van der Waals surface area contributed by atoms with Gasteiger partial charge in [0.2, 0.25) is 0 Å². The fourth-order valence-corrected chi connectivity index (χ4v) is 2.06. The first kappa shape index (κ1) is 12.7. The Bertz CT molecular complexity index is 576. The van der Waals surface area contributed by atoms with Crippen LogP contribution in [0.5, 0.6) is 0 Å². The van der Waals surface area contributed by atoms with E-state index in [4.69, 9.17) is 5.73 Å². The van der Waals surface area contributed by atoms with E-state index < -0.39 is 17.2 Å². The second-order valence-corrected chi connectivity index (χ2v) is 4.67. The van der Waals surface area contributed by atoms with E-state index in [1.807, 2.05) is 6.92 Å². The SMILES string of the molecule is Cc1ccc(F)c(C(C)(N)c2ccccc2F)c1. The molecule has 0 aliphatic carbocycles. The van der Waals surface area contributed by atoms with Gasteiger partial charge in [-0.1, -0.05) is 35.9 Å². The summed E-state index contributed by atoms with van der Waals surface area (Å²) in [5.41, 5.74) is 6.43. The molecule has 94 valence electrons. The van der Waals surface area contributed by atoms with Crippen LogP contribution in [-0.2, 0) is 5.54 Å². The molecule has 0 radical (unpaired) electrons.